The quantitative estimate of drug-likeness (QED) is 0.724. The third-order valence-corrected chi connectivity index (χ3v) is 3.44. The van der Waals surface area contributed by atoms with Gasteiger partial charge in [0, 0.05) is 11.6 Å². The number of benzene rings is 1. The molecule has 0 spiro atoms. The number of methoxy groups -OCH3 is 1. The van der Waals surface area contributed by atoms with Crippen LogP contribution >= 0.6 is 15.9 Å². The zero-order chi connectivity index (χ0) is 14.1. The van der Waals surface area contributed by atoms with Gasteiger partial charge in [-0.2, -0.15) is 5.10 Å². The van der Waals surface area contributed by atoms with E-state index in [2.05, 4.69) is 26.0 Å². The largest absolute Gasteiger partial charge is 0.491 e. The topological polar surface area (TPSA) is 57.0 Å². The van der Waals surface area contributed by atoms with Gasteiger partial charge in [0.1, 0.15) is 0 Å². The molecule has 6 heteroatoms. The van der Waals surface area contributed by atoms with Crippen LogP contribution in [0, 0.1) is 0 Å². The van der Waals surface area contributed by atoms with Crippen molar-refractivity contribution in [2.24, 2.45) is 0 Å². The Morgan fingerprint density at radius 3 is 2.85 bits per heavy atom. The summed E-state index contributed by atoms with van der Waals surface area (Å²) in [7, 11) is 1.45. The number of pyridine rings is 1. The Morgan fingerprint density at radius 2 is 2.05 bits per heavy atom. The normalized spacial score (nSPS) is 10.7. The number of rotatable bonds is 2. The summed E-state index contributed by atoms with van der Waals surface area (Å²) in [6, 6.07) is 9.63. The van der Waals surface area contributed by atoms with Gasteiger partial charge in [0.05, 0.1) is 24.5 Å². The van der Waals surface area contributed by atoms with Crippen molar-refractivity contribution in [3.63, 3.8) is 0 Å². The second-order valence-corrected chi connectivity index (χ2v) is 4.87. The van der Waals surface area contributed by atoms with E-state index in [-0.39, 0.29) is 15.8 Å². The van der Waals surface area contributed by atoms with Gasteiger partial charge in [0.15, 0.2) is 10.4 Å². The molecule has 0 unspecified atom stereocenters. The van der Waals surface area contributed by atoms with Crippen LogP contribution in [0.2, 0.25) is 0 Å². The van der Waals surface area contributed by atoms with Crippen LogP contribution < -0.4 is 10.2 Å². The number of aromatic nitrogens is 3. The number of para-hydroxylation sites is 1. The summed E-state index contributed by atoms with van der Waals surface area (Å²) < 4.78 is 6.86. The molecule has 0 N–H and O–H groups in total. The van der Waals surface area contributed by atoms with Crippen molar-refractivity contribution in [2.45, 2.75) is 0 Å². The highest BCUT2D eigenvalue weighted by Crippen LogP contribution is 2.20. The number of hydrogen-bond acceptors (Lipinski definition) is 4. The molecule has 20 heavy (non-hydrogen) atoms. The SMILES string of the molecule is COc1cn(-c2cccc3cccnc23)nc(Br)c1=O. The molecule has 0 atom stereocenters. The lowest BCUT2D eigenvalue weighted by atomic mass is 10.2. The fraction of sp³-hybridized carbons (Fsp3) is 0.0714. The van der Waals surface area contributed by atoms with Gasteiger partial charge in [-0.3, -0.25) is 9.78 Å². The van der Waals surface area contributed by atoms with Crippen molar-refractivity contribution in [1.29, 1.82) is 0 Å². The molecule has 3 aromatic rings. The Balaban J connectivity index is 2.31. The second kappa shape index (κ2) is 5.05. The predicted molar refractivity (Wildman–Crippen MR) is 79.4 cm³/mol. The first-order valence-corrected chi connectivity index (χ1v) is 6.67. The summed E-state index contributed by atoms with van der Waals surface area (Å²) in [5.41, 5.74) is 1.30. The number of fused-ring (bicyclic) bond motifs is 1. The summed E-state index contributed by atoms with van der Waals surface area (Å²) in [6.07, 6.45) is 3.27. The summed E-state index contributed by atoms with van der Waals surface area (Å²) in [5.74, 6) is 0.222. The lowest BCUT2D eigenvalue weighted by Crippen LogP contribution is -2.14. The van der Waals surface area contributed by atoms with Crippen LogP contribution in [0.1, 0.15) is 0 Å². The predicted octanol–water partition coefficient (Wildman–Crippen LogP) is 2.55. The van der Waals surface area contributed by atoms with E-state index in [1.165, 1.54) is 7.11 Å². The first-order chi connectivity index (χ1) is 9.70. The van der Waals surface area contributed by atoms with Crippen molar-refractivity contribution < 1.29 is 4.74 Å². The van der Waals surface area contributed by atoms with Gasteiger partial charge in [-0.25, -0.2) is 4.68 Å². The van der Waals surface area contributed by atoms with Crippen LogP contribution in [0.15, 0.2) is 52.1 Å². The molecule has 0 radical (unpaired) electrons. The van der Waals surface area contributed by atoms with Crippen LogP contribution in [0.4, 0.5) is 0 Å². The van der Waals surface area contributed by atoms with Gasteiger partial charge in [-0.1, -0.05) is 18.2 Å². The molecule has 2 heterocycles. The highest BCUT2D eigenvalue weighted by atomic mass is 79.9. The molecule has 2 aromatic heterocycles. The third-order valence-electron chi connectivity index (χ3n) is 2.92. The Bertz CT molecular complexity index is 840. The molecule has 0 aliphatic heterocycles. The van der Waals surface area contributed by atoms with Gasteiger partial charge in [-0.05, 0) is 28.1 Å². The van der Waals surface area contributed by atoms with Crippen molar-refractivity contribution >= 4 is 26.8 Å². The van der Waals surface area contributed by atoms with E-state index in [1.54, 1.807) is 17.1 Å². The van der Waals surface area contributed by atoms with Crippen LogP contribution in [-0.4, -0.2) is 21.9 Å². The van der Waals surface area contributed by atoms with Crippen molar-refractivity contribution in [3.05, 3.63) is 57.6 Å². The van der Waals surface area contributed by atoms with Crippen LogP contribution in [0.25, 0.3) is 16.6 Å². The van der Waals surface area contributed by atoms with Crippen LogP contribution in [0.5, 0.6) is 5.75 Å². The highest BCUT2D eigenvalue weighted by Gasteiger charge is 2.10. The molecule has 5 nitrogen and oxygen atoms in total. The van der Waals surface area contributed by atoms with Gasteiger partial charge in [-0.15, -0.1) is 0 Å². The maximum absolute atomic E-state index is 11.8. The number of ether oxygens (including phenoxy) is 1. The molecule has 0 fully saturated rings. The molecule has 0 aliphatic carbocycles. The minimum Gasteiger partial charge on any atom is -0.491 e. The minimum atomic E-state index is -0.281. The highest BCUT2D eigenvalue weighted by molar-refractivity contribution is 9.10. The third kappa shape index (κ3) is 2.08. The number of hydrogen-bond donors (Lipinski definition) is 0. The molecule has 0 saturated heterocycles. The first-order valence-electron chi connectivity index (χ1n) is 5.88. The van der Waals surface area contributed by atoms with Crippen LogP contribution in [0.3, 0.4) is 0 Å². The molecule has 0 saturated carbocycles. The molecule has 0 amide bonds. The Labute approximate surface area is 123 Å². The van der Waals surface area contributed by atoms with Crippen molar-refractivity contribution in [2.75, 3.05) is 7.11 Å². The summed E-state index contributed by atoms with van der Waals surface area (Å²) in [6.45, 7) is 0. The molecular weight excluding hydrogens is 322 g/mol. The Hall–Kier alpha value is -2.21. The molecular formula is C14H10BrN3O2. The maximum Gasteiger partial charge on any atom is 0.256 e. The molecule has 0 aliphatic rings. The summed E-state index contributed by atoms with van der Waals surface area (Å²) in [5, 5.41) is 5.20. The molecule has 0 bridgehead atoms. The summed E-state index contributed by atoms with van der Waals surface area (Å²) >= 11 is 3.15. The van der Waals surface area contributed by atoms with E-state index in [0.717, 1.165) is 16.6 Å². The maximum atomic E-state index is 11.8. The van der Waals surface area contributed by atoms with Crippen molar-refractivity contribution in [3.8, 4) is 11.4 Å². The lowest BCUT2D eigenvalue weighted by molar-refractivity contribution is 0.404. The van der Waals surface area contributed by atoms with E-state index in [0.29, 0.717) is 0 Å². The van der Waals surface area contributed by atoms with Gasteiger partial charge in [0.25, 0.3) is 5.43 Å². The Morgan fingerprint density at radius 1 is 1.25 bits per heavy atom. The van der Waals surface area contributed by atoms with Gasteiger partial charge in [0.2, 0.25) is 0 Å². The number of halogens is 1. The van der Waals surface area contributed by atoms with Crippen molar-refractivity contribution in [1.82, 2.24) is 14.8 Å². The lowest BCUT2D eigenvalue weighted by Gasteiger charge is -2.10. The summed E-state index contributed by atoms with van der Waals surface area (Å²) in [4.78, 5) is 16.2. The fourth-order valence-electron chi connectivity index (χ4n) is 1.98. The molecule has 100 valence electrons. The minimum absolute atomic E-state index is 0.199. The standard InChI is InChI=1S/C14H10BrN3O2/c1-20-11-8-18(17-14(15)13(11)19)10-6-2-4-9-5-3-7-16-12(9)10/h2-8H,1H3. The van der Waals surface area contributed by atoms with Gasteiger partial charge < -0.3 is 4.74 Å². The van der Waals surface area contributed by atoms with E-state index >= 15 is 0 Å². The average Bonchev–Trinajstić information content (AvgIpc) is 2.49. The van der Waals surface area contributed by atoms with E-state index in [4.69, 9.17) is 4.74 Å². The fourth-order valence-corrected chi connectivity index (χ4v) is 2.35. The molecule has 3 rings (SSSR count). The zero-order valence-electron chi connectivity index (χ0n) is 10.6. The average molecular weight is 332 g/mol. The van der Waals surface area contributed by atoms with Gasteiger partial charge >= 0.3 is 0 Å². The van der Waals surface area contributed by atoms with E-state index in [9.17, 15) is 4.79 Å². The smallest absolute Gasteiger partial charge is 0.256 e. The molecule has 1 aromatic carbocycles. The number of nitrogens with zero attached hydrogens (tertiary/aromatic N) is 3. The first kappa shape index (κ1) is 12.8. The zero-order valence-corrected chi connectivity index (χ0v) is 12.2. The second-order valence-electron chi connectivity index (χ2n) is 4.11. The Kier molecular flexibility index (Phi) is 3.23. The monoisotopic (exact) mass is 331 g/mol. The van der Waals surface area contributed by atoms with E-state index < -0.39 is 0 Å². The van der Waals surface area contributed by atoms with E-state index in [1.807, 2.05) is 30.3 Å². The van der Waals surface area contributed by atoms with Crippen LogP contribution in [-0.2, 0) is 0 Å².